The average molecular weight is 419 g/mol. The third-order valence-electron chi connectivity index (χ3n) is 5.11. The molecule has 0 radical (unpaired) electrons. The minimum Gasteiger partial charge on any atom is -0.311 e. The molecule has 1 aliphatic carbocycles. The molecule has 1 aromatic heterocycles. The second-order valence-corrected chi connectivity index (χ2v) is 8.34. The number of carbonyl (C=O) groups is 1. The molecule has 6 nitrogen and oxygen atoms in total. The third-order valence-corrected chi connectivity index (χ3v) is 6.04. The van der Waals surface area contributed by atoms with Gasteiger partial charge in [0, 0.05) is 18.3 Å². The van der Waals surface area contributed by atoms with Gasteiger partial charge in [-0.3, -0.25) is 14.2 Å². The quantitative estimate of drug-likeness (QED) is 0.427. The van der Waals surface area contributed by atoms with Gasteiger partial charge in [-0.15, -0.1) is 0 Å². The zero-order valence-electron chi connectivity index (χ0n) is 16.7. The monoisotopic (exact) mass is 418 g/mol. The molecule has 2 aromatic carbocycles. The first kappa shape index (κ1) is 20.2. The van der Waals surface area contributed by atoms with Crippen LogP contribution in [0.1, 0.15) is 30.9 Å². The van der Waals surface area contributed by atoms with Crippen molar-refractivity contribution in [1.29, 1.82) is 5.26 Å². The number of nitriles is 1. The van der Waals surface area contributed by atoms with Crippen LogP contribution in [0.15, 0.2) is 58.5 Å². The van der Waals surface area contributed by atoms with Crippen LogP contribution in [-0.4, -0.2) is 27.8 Å². The Morgan fingerprint density at radius 2 is 1.97 bits per heavy atom. The van der Waals surface area contributed by atoms with E-state index in [9.17, 15) is 9.59 Å². The van der Waals surface area contributed by atoms with Crippen molar-refractivity contribution in [3.63, 3.8) is 0 Å². The van der Waals surface area contributed by atoms with Crippen molar-refractivity contribution in [1.82, 2.24) is 9.55 Å². The van der Waals surface area contributed by atoms with Gasteiger partial charge < -0.3 is 4.90 Å². The smallest absolute Gasteiger partial charge is 0.262 e. The Balaban J connectivity index is 1.59. The lowest BCUT2D eigenvalue weighted by Crippen LogP contribution is -2.33. The number of para-hydroxylation sites is 1. The highest BCUT2D eigenvalue weighted by atomic mass is 32.2. The molecule has 0 unspecified atom stereocenters. The summed E-state index contributed by atoms with van der Waals surface area (Å²) in [5.41, 5.74) is 2.48. The molecule has 0 bridgehead atoms. The second kappa shape index (κ2) is 8.72. The van der Waals surface area contributed by atoms with E-state index in [1.165, 1.54) is 11.8 Å². The summed E-state index contributed by atoms with van der Waals surface area (Å²) >= 11 is 1.29. The zero-order valence-corrected chi connectivity index (χ0v) is 17.6. The number of aromatic nitrogens is 2. The highest BCUT2D eigenvalue weighted by Gasteiger charge is 2.29. The number of benzene rings is 2. The van der Waals surface area contributed by atoms with Gasteiger partial charge in [-0.2, -0.15) is 5.26 Å². The van der Waals surface area contributed by atoms with E-state index >= 15 is 0 Å². The Morgan fingerprint density at radius 1 is 1.23 bits per heavy atom. The van der Waals surface area contributed by atoms with Crippen molar-refractivity contribution in [3.8, 4) is 6.07 Å². The fourth-order valence-electron chi connectivity index (χ4n) is 3.37. The number of thioether (sulfide) groups is 1. The maximum atomic E-state index is 13.0. The molecule has 0 saturated heterocycles. The van der Waals surface area contributed by atoms with Gasteiger partial charge in [-0.25, -0.2) is 4.98 Å². The van der Waals surface area contributed by atoms with Gasteiger partial charge in [0.15, 0.2) is 5.16 Å². The number of rotatable bonds is 7. The van der Waals surface area contributed by atoms with Crippen LogP contribution >= 0.6 is 11.8 Å². The molecule has 0 N–H and O–H groups in total. The lowest BCUT2D eigenvalue weighted by Gasteiger charge is -2.22. The van der Waals surface area contributed by atoms with Crippen molar-refractivity contribution in [2.24, 2.45) is 0 Å². The van der Waals surface area contributed by atoms with Crippen molar-refractivity contribution in [2.75, 3.05) is 17.2 Å². The van der Waals surface area contributed by atoms with Crippen molar-refractivity contribution < 1.29 is 4.79 Å². The van der Waals surface area contributed by atoms with Crippen molar-refractivity contribution in [2.45, 2.75) is 37.4 Å². The largest absolute Gasteiger partial charge is 0.311 e. The summed E-state index contributed by atoms with van der Waals surface area (Å²) in [6.07, 6.45) is 2.17. The second-order valence-electron chi connectivity index (χ2n) is 7.40. The van der Waals surface area contributed by atoms with Crippen LogP contribution in [0.3, 0.4) is 0 Å². The van der Waals surface area contributed by atoms with Gasteiger partial charge in [0.25, 0.3) is 5.56 Å². The number of carbonyl (C=O) groups excluding carboxylic acids is 1. The molecule has 1 amide bonds. The predicted octanol–water partition coefficient (Wildman–Crippen LogP) is 4.08. The Bertz CT molecular complexity index is 1180. The number of hydrogen-bond acceptors (Lipinski definition) is 5. The van der Waals surface area contributed by atoms with Crippen LogP contribution in [-0.2, 0) is 4.79 Å². The lowest BCUT2D eigenvalue weighted by atomic mass is 10.2. The van der Waals surface area contributed by atoms with Gasteiger partial charge in [0.2, 0.25) is 5.91 Å². The van der Waals surface area contributed by atoms with Gasteiger partial charge >= 0.3 is 0 Å². The summed E-state index contributed by atoms with van der Waals surface area (Å²) in [4.78, 5) is 32.3. The number of fused-ring (bicyclic) bond motifs is 1. The van der Waals surface area contributed by atoms with Crippen molar-refractivity contribution in [3.05, 3.63) is 64.4 Å². The molecule has 4 rings (SSSR count). The van der Waals surface area contributed by atoms with Gasteiger partial charge in [0.05, 0.1) is 29.1 Å². The SMILES string of the molecule is Cc1ccc(N(CCC#N)C(=O)CSc2nc3ccccc3c(=O)n2C2CC2)cc1. The highest BCUT2D eigenvalue weighted by Crippen LogP contribution is 2.37. The van der Waals surface area contributed by atoms with E-state index in [4.69, 9.17) is 5.26 Å². The van der Waals surface area contributed by atoms with E-state index in [0.717, 1.165) is 24.1 Å². The molecule has 1 aliphatic rings. The van der Waals surface area contributed by atoms with Crippen molar-refractivity contribution >= 4 is 34.3 Å². The Labute approximate surface area is 179 Å². The standard InChI is InChI=1S/C23H22N4O2S/c1-16-7-9-17(10-8-16)26(14-4-13-24)21(28)15-30-23-25-20-6-3-2-5-19(20)22(29)27(23)18-11-12-18/h2-3,5-10,18H,4,11-12,14-15H2,1H3. The molecule has 0 spiro atoms. The Hall–Kier alpha value is -3.11. The molecule has 30 heavy (non-hydrogen) atoms. The van der Waals surface area contributed by atoms with E-state index in [2.05, 4.69) is 11.1 Å². The molecule has 1 saturated carbocycles. The van der Waals surface area contributed by atoms with Crippen LogP contribution in [0.2, 0.25) is 0 Å². The fourth-order valence-corrected chi connectivity index (χ4v) is 4.31. The molecule has 0 aliphatic heterocycles. The fraction of sp³-hybridized carbons (Fsp3) is 0.304. The third kappa shape index (κ3) is 4.24. The summed E-state index contributed by atoms with van der Waals surface area (Å²) in [5.74, 6) is 0.0421. The first-order chi connectivity index (χ1) is 14.6. The summed E-state index contributed by atoms with van der Waals surface area (Å²) in [6.45, 7) is 2.32. The Kier molecular flexibility index (Phi) is 5.86. The number of anilines is 1. The van der Waals surface area contributed by atoms with Crippen LogP contribution in [0.25, 0.3) is 10.9 Å². The van der Waals surface area contributed by atoms with Gasteiger partial charge in [-0.1, -0.05) is 41.6 Å². The maximum absolute atomic E-state index is 13.0. The molecule has 7 heteroatoms. The van der Waals surface area contributed by atoms with Crippen LogP contribution in [0.4, 0.5) is 5.69 Å². The summed E-state index contributed by atoms with van der Waals surface area (Å²) in [5, 5.41) is 10.2. The minimum atomic E-state index is -0.108. The molecule has 3 aromatic rings. The molecule has 1 fully saturated rings. The number of aryl methyl sites for hydroxylation is 1. The summed E-state index contributed by atoms with van der Waals surface area (Å²) in [7, 11) is 0. The van der Waals surface area contributed by atoms with E-state index in [-0.39, 0.29) is 29.7 Å². The lowest BCUT2D eigenvalue weighted by molar-refractivity contribution is -0.116. The van der Waals surface area contributed by atoms with Crippen LogP contribution in [0.5, 0.6) is 0 Å². The maximum Gasteiger partial charge on any atom is 0.262 e. The van der Waals surface area contributed by atoms with Gasteiger partial charge in [-0.05, 0) is 44.0 Å². The molecule has 152 valence electrons. The first-order valence-electron chi connectivity index (χ1n) is 9.96. The van der Waals surface area contributed by atoms with E-state index in [0.29, 0.717) is 22.6 Å². The number of hydrogen-bond donors (Lipinski definition) is 0. The van der Waals surface area contributed by atoms with Crippen LogP contribution in [0, 0.1) is 18.3 Å². The average Bonchev–Trinajstić information content (AvgIpc) is 3.59. The summed E-state index contributed by atoms with van der Waals surface area (Å²) in [6, 6.07) is 17.3. The number of amides is 1. The van der Waals surface area contributed by atoms with E-state index in [1.807, 2.05) is 49.4 Å². The van der Waals surface area contributed by atoms with E-state index < -0.39 is 0 Å². The molecular formula is C23H22N4O2S. The van der Waals surface area contributed by atoms with Gasteiger partial charge in [0.1, 0.15) is 0 Å². The number of nitrogens with zero attached hydrogens (tertiary/aromatic N) is 4. The molecule has 1 heterocycles. The molecule has 0 atom stereocenters. The topological polar surface area (TPSA) is 79.0 Å². The zero-order chi connectivity index (χ0) is 21.1. The minimum absolute atomic E-state index is 0.0436. The summed E-state index contributed by atoms with van der Waals surface area (Å²) < 4.78 is 1.74. The van der Waals surface area contributed by atoms with Crippen LogP contribution < -0.4 is 10.5 Å². The normalized spacial score (nSPS) is 13.2. The first-order valence-corrected chi connectivity index (χ1v) is 10.9. The van der Waals surface area contributed by atoms with E-state index in [1.54, 1.807) is 15.5 Å². The Morgan fingerprint density at radius 3 is 2.67 bits per heavy atom. The predicted molar refractivity (Wildman–Crippen MR) is 119 cm³/mol. The highest BCUT2D eigenvalue weighted by molar-refractivity contribution is 7.99. The molecular weight excluding hydrogens is 396 g/mol.